The molecule has 0 aliphatic carbocycles. The van der Waals surface area contributed by atoms with Gasteiger partial charge in [0.1, 0.15) is 0 Å². The SMILES string of the molecule is Cc1ccc(NC2CCSC2C)cc1C. The summed E-state index contributed by atoms with van der Waals surface area (Å²) in [6, 6.07) is 7.30. The Morgan fingerprint density at radius 3 is 2.67 bits per heavy atom. The van der Waals surface area contributed by atoms with Crippen molar-refractivity contribution in [2.75, 3.05) is 11.1 Å². The van der Waals surface area contributed by atoms with Gasteiger partial charge in [0.15, 0.2) is 0 Å². The normalized spacial score (nSPS) is 25.5. The van der Waals surface area contributed by atoms with Crippen molar-refractivity contribution in [3.63, 3.8) is 0 Å². The Morgan fingerprint density at radius 2 is 2.07 bits per heavy atom. The van der Waals surface area contributed by atoms with Crippen LogP contribution < -0.4 is 5.32 Å². The lowest BCUT2D eigenvalue weighted by Crippen LogP contribution is -2.24. The highest BCUT2D eigenvalue weighted by Crippen LogP contribution is 2.29. The van der Waals surface area contributed by atoms with Crippen molar-refractivity contribution in [3.05, 3.63) is 29.3 Å². The van der Waals surface area contributed by atoms with Crippen molar-refractivity contribution in [2.45, 2.75) is 38.5 Å². The first-order valence-electron chi connectivity index (χ1n) is 5.62. The van der Waals surface area contributed by atoms with Gasteiger partial charge in [0.2, 0.25) is 0 Å². The molecule has 1 aliphatic heterocycles. The zero-order valence-corrected chi connectivity index (χ0v) is 10.5. The molecular formula is C13H19NS. The minimum atomic E-state index is 0.650. The van der Waals surface area contributed by atoms with E-state index in [1.54, 1.807) is 0 Å². The summed E-state index contributed by atoms with van der Waals surface area (Å²) in [5.74, 6) is 1.30. The van der Waals surface area contributed by atoms with E-state index in [0.717, 1.165) is 5.25 Å². The third kappa shape index (κ3) is 2.49. The number of thioether (sulfide) groups is 1. The average Bonchev–Trinajstić information content (AvgIpc) is 2.59. The smallest absolute Gasteiger partial charge is 0.0385 e. The Kier molecular flexibility index (Phi) is 3.25. The zero-order valence-electron chi connectivity index (χ0n) is 9.71. The molecule has 1 saturated heterocycles. The summed E-state index contributed by atoms with van der Waals surface area (Å²) in [4.78, 5) is 0. The topological polar surface area (TPSA) is 12.0 Å². The predicted octanol–water partition coefficient (Wildman–Crippen LogP) is 3.61. The van der Waals surface area contributed by atoms with Crippen LogP contribution in [0.5, 0.6) is 0 Å². The van der Waals surface area contributed by atoms with Crippen LogP contribution in [0.15, 0.2) is 18.2 Å². The number of rotatable bonds is 2. The lowest BCUT2D eigenvalue weighted by atomic mass is 10.1. The maximum Gasteiger partial charge on any atom is 0.0385 e. The number of anilines is 1. The van der Waals surface area contributed by atoms with E-state index in [-0.39, 0.29) is 0 Å². The van der Waals surface area contributed by atoms with Crippen LogP contribution in [0.4, 0.5) is 5.69 Å². The van der Waals surface area contributed by atoms with Crippen LogP contribution >= 0.6 is 11.8 Å². The molecule has 2 unspecified atom stereocenters. The Labute approximate surface area is 96.7 Å². The zero-order chi connectivity index (χ0) is 10.8. The Hall–Kier alpha value is -0.630. The molecule has 1 aromatic rings. The van der Waals surface area contributed by atoms with Crippen LogP contribution in [0.1, 0.15) is 24.5 Å². The molecule has 1 fully saturated rings. The first kappa shape index (κ1) is 10.9. The molecule has 82 valence electrons. The van der Waals surface area contributed by atoms with E-state index < -0.39 is 0 Å². The van der Waals surface area contributed by atoms with Gasteiger partial charge in [0, 0.05) is 17.0 Å². The molecule has 2 atom stereocenters. The summed E-state index contributed by atoms with van der Waals surface area (Å²) in [6.45, 7) is 6.65. The minimum absolute atomic E-state index is 0.650. The van der Waals surface area contributed by atoms with E-state index in [1.165, 1.54) is 29.0 Å². The molecule has 1 aromatic carbocycles. The predicted molar refractivity (Wildman–Crippen MR) is 69.9 cm³/mol. The average molecular weight is 221 g/mol. The summed E-state index contributed by atoms with van der Waals surface area (Å²) >= 11 is 2.07. The molecule has 0 aromatic heterocycles. The van der Waals surface area contributed by atoms with Gasteiger partial charge in [0.25, 0.3) is 0 Å². The van der Waals surface area contributed by atoms with Crippen LogP contribution in [-0.4, -0.2) is 17.0 Å². The fourth-order valence-corrected chi connectivity index (χ4v) is 3.16. The summed E-state index contributed by atoms with van der Waals surface area (Å²) in [6.07, 6.45) is 1.29. The lowest BCUT2D eigenvalue weighted by Gasteiger charge is -2.18. The summed E-state index contributed by atoms with van der Waals surface area (Å²) < 4.78 is 0. The number of nitrogens with one attached hydrogen (secondary N) is 1. The summed E-state index contributed by atoms with van der Waals surface area (Å²) in [5, 5.41) is 4.38. The van der Waals surface area contributed by atoms with E-state index in [2.05, 4.69) is 56.0 Å². The van der Waals surface area contributed by atoms with Gasteiger partial charge in [-0.15, -0.1) is 0 Å². The van der Waals surface area contributed by atoms with Crippen molar-refractivity contribution in [3.8, 4) is 0 Å². The number of hydrogen-bond donors (Lipinski definition) is 1. The second-order valence-corrected chi connectivity index (χ2v) is 5.90. The van der Waals surface area contributed by atoms with Crippen molar-refractivity contribution < 1.29 is 0 Å². The van der Waals surface area contributed by atoms with Gasteiger partial charge in [-0.05, 0) is 49.3 Å². The molecule has 0 radical (unpaired) electrons. The van der Waals surface area contributed by atoms with Gasteiger partial charge in [-0.3, -0.25) is 0 Å². The fraction of sp³-hybridized carbons (Fsp3) is 0.538. The first-order chi connectivity index (χ1) is 7.16. The highest BCUT2D eigenvalue weighted by molar-refractivity contribution is 8.00. The second-order valence-electron chi connectivity index (χ2n) is 4.41. The largest absolute Gasteiger partial charge is 0.381 e. The standard InChI is InChI=1S/C13H19NS/c1-9-4-5-12(8-10(9)2)14-13-6-7-15-11(13)3/h4-5,8,11,13-14H,6-7H2,1-3H3. The van der Waals surface area contributed by atoms with Crippen molar-refractivity contribution in [1.29, 1.82) is 0 Å². The minimum Gasteiger partial charge on any atom is -0.381 e. The maximum atomic E-state index is 3.64. The molecule has 1 aliphatic rings. The highest BCUT2D eigenvalue weighted by atomic mass is 32.2. The van der Waals surface area contributed by atoms with Crippen molar-refractivity contribution in [2.24, 2.45) is 0 Å². The lowest BCUT2D eigenvalue weighted by molar-refractivity contribution is 0.724. The van der Waals surface area contributed by atoms with Crippen LogP contribution in [-0.2, 0) is 0 Å². The molecule has 2 rings (SSSR count). The monoisotopic (exact) mass is 221 g/mol. The number of benzene rings is 1. The molecular weight excluding hydrogens is 202 g/mol. The van der Waals surface area contributed by atoms with Crippen LogP contribution in [0, 0.1) is 13.8 Å². The molecule has 0 bridgehead atoms. The highest BCUT2D eigenvalue weighted by Gasteiger charge is 2.23. The van der Waals surface area contributed by atoms with Crippen molar-refractivity contribution >= 4 is 17.4 Å². The van der Waals surface area contributed by atoms with Gasteiger partial charge in [-0.1, -0.05) is 13.0 Å². The molecule has 1 heterocycles. The quantitative estimate of drug-likeness (QED) is 0.819. The van der Waals surface area contributed by atoms with Crippen LogP contribution in [0.2, 0.25) is 0 Å². The van der Waals surface area contributed by atoms with Gasteiger partial charge in [0.05, 0.1) is 0 Å². The summed E-state index contributed by atoms with van der Waals surface area (Å²) in [7, 11) is 0. The second kappa shape index (κ2) is 4.48. The van der Waals surface area contributed by atoms with E-state index in [1.807, 2.05) is 0 Å². The van der Waals surface area contributed by atoms with E-state index in [0.29, 0.717) is 6.04 Å². The van der Waals surface area contributed by atoms with E-state index >= 15 is 0 Å². The molecule has 0 saturated carbocycles. The molecule has 1 N–H and O–H groups in total. The van der Waals surface area contributed by atoms with E-state index in [9.17, 15) is 0 Å². The van der Waals surface area contributed by atoms with Crippen LogP contribution in [0.3, 0.4) is 0 Å². The third-order valence-electron chi connectivity index (χ3n) is 3.24. The van der Waals surface area contributed by atoms with E-state index in [4.69, 9.17) is 0 Å². The molecule has 15 heavy (non-hydrogen) atoms. The molecule has 1 nitrogen and oxygen atoms in total. The molecule has 0 spiro atoms. The Bertz CT molecular complexity index is 348. The summed E-state index contributed by atoms with van der Waals surface area (Å²) in [5.41, 5.74) is 4.02. The first-order valence-corrected chi connectivity index (χ1v) is 6.67. The Balaban J connectivity index is 2.07. The van der Waals surface area contributed by atoms with Crippen LogP contribution in [0.25, 0.3) is 0 Å². The van der Waals surface area contributed by atoms with Gasteiger partial charge in [-0.25, -0.2) is 0 Å². The Morgan fingerprint density at radius 1 is 1.27 bits per heavy atom. The third-order valence-corrected chi connectivity index (χ3v) is 4.56. The van der Waals surface area contributed by atoms with Gasteiger partial charge >= 0.3 is 0 Å². The van der Waals surface area contributed by atoms with Crippen molar-refractivity contribution in [1.82, 2.24) is 0 Å². The van der Waals surface area contributed by atoms with Gasteiger partial charge in [-0.2, -0.15) is 11.8 Å². The number of hydrogen-bond acceptors (Lipinski definition) is 2. The maximum absolute atomic E-state index is 3.64. The molecule has 0 amide bonds. The molecule has 2 heteroatoms. The van der Waals surface area contributed by atoms with Gasteiger partial charge < -0.3 is 5.32 Å². The number of aryl methyl sites for hydroxylation is 2. The fourth-order valence-electron chi connectivity index (χ4n) is 1.97.